The first-order chi connectivity index (χ1) is 9.08. The van der Waals surface area contributed by atoms with Crippen LogP contribution in [0.3, 0.4) is 0 Å². The number of hydrogen-bond donors (Lipinski definition) is 1. The van der Waals surface area contributed by atoms with Crippen molar-refractivity contribution in [2.75, 3.05) is 19.5 Å². The molecule has 0 aliphatic rings. The predicted octanol–water partition coefficient (Wildman–Crippen LogP) is 2.51. The van der Waals surface area contributed by atoms with Gasteiger partial charge in [-0.3, -0.25) is 0 Å². The molecule has 0 saturated heterocycles. The topological polar surface area (TPSA) is 59.9 Å². The average molecular weight is 258 g/mol. The van der Waals surface area contributed by atoms with Gasteiger partial charge in [-0.1, -0.05) is 0 Å². The zero-order valence-corrected chi connectivity index (χ0v) is 11.9. The molecule has 5 nitrogen and oxygen atoms in total. The highest BCUT2D eigenvalue weighted by molar-refractivity contribution is 5.75. The molecule has 2 rings (SSSR count). The first-order valence-corrected chi connectivity index (χ1v) is 6.12. The lowest BCUT2D eigenvalue weighted by atomic mass is 10.00. The van der Waals surface area contributed by atoms with Crippen LogP contribution in [0.1, 0.15) is 17.0 Å². The molecule has 5 heteroatoms. The molecule has 0 atom stereocenters. The number of nitrogens with zero attached hydrogens (tertiary/aromatic N) is 3. The van der Waals surface area contributed by atoms with Crippen LogP contribution >= 0.6 is 0 Å². The first-order valence-electron chi connectivity index (χ1n) is 6.12. The minimum Gasteiger partial charge on any atom is -0.496 e. The number of rotatable bonds is 3. The summed E-state index contributed by atoms with van der Waals surface area (Å²) in [5, 5.41) is 11.4. The van der Waals surface area contributed by atoms with Crippen molar-refractivity contribution in [2.24, 2.45) is 0 Å². The van der Waals surface area contributed by atoms with Crippen molar-refractivity contribution in [3.8, 4) is 17.0 Å². The summed E-state index contributed by atoms with van der Waals surface area (Å²) in [6.45, 7) is 5.91. The Bertz CT molecular complexity index is 611. The summed E-state index contributed by atoms with van der Waals surface area (Å²) in [5.41, 5.74) is 4.00. The summed E-state index contributed by atoms with van der Waals surface area (Å²) in [7, 11) is 3.51. The number of ether oxygens (including phenoxy) is 1. The summed E-state index contributed by atoms with van der Waals surface area (Å²) in [5.74, 6) is 2.26. The second-order valence-corrected chi connectivity index (χ2v) is 4.37. The van der Waals surface area contributed by atoms with Gasteiger partial charge in [-0.25, -0.2) is 4.98 Å². The molecule has 2 aromatic rings. The maximum absolute atomic E-state index is 5.33. The maximum atomic E-state index is 5.33. The first kappa shape index (κ1) is 13.3. The molecule has 0 saturated carbocycles. The van der Waals surface area contributed by atoms with E-state index < -0.39 is 0 Å². The summed E-state index contributed by atoms with van der Waals surface area (Å²) in [6, 6.07) is 3.93. The lowest BCUT2D eigenvalue weighted by Crippen LogP contribution is -2.04. The Morgan fingerprint density at radius 2 is 1.79 bits per heavy atom. The lowest BCUT2D eigenvalue weighted by Gasteiger charge is -2.13. The van der Waals surface area contributed by atoms with Crippen molar-refractivity contribution in [2.45, 2.75) is 20.8 Å². The van der Waals surface area contributed by atoms with Gasteiger partial charge in [0.25, 0.3) is 0 Å². The minimum absolute atomic E-state index is 0.649. The van der Waals surface area contributed by atoms with Gasteiger partial charge in [0.1, 0.15) is 17.3 Å². The van der Waals surface area contributed by atoms with Crippen molar-refractivity contribution in [3.05, 3.63) is 29.1 Å². The van der Waals surface area contributed by atoms with Crippen LogP contribution in [-0.2, 0) is 0 Å². The van der Waals surface area contributed by atoms with E-state index in [1.807, 2.05) is 40.0 Å². The molecular formula is C14H18N4O. The van der Waals surface area contributed by atoms with Gasteiger partial charge < -0.3 is 10.1 Å². The van der Waals surface area contributed by atoms with E-state index >= 15 is 0 Å². The molecule has 0 amide bonds. The van der Waals surface area contributed by atoms with Gasteiger partial charge in [0.05, 0.1) is 7.11 Å². The Morgan fingerprint density at radius 3 is 2.42 bits per heavy atom. The second-order valence-electron chi connectivity index (χ2n) is 4.37. The Kier molecular flexibility index (Phi) is 3.64. The van der Waals surface area contributed by atoms with E-state index in [-0.39, 0.29) is 0 Å². The smallest absolute Gasteiger partial charge is 0.156 e. The Hall–Kier alpha value is -2.17. The third-order valence-electron chi connectivity index (χ3n) is 3.24. The number of benzene rings is 1. The molecule has 1 aromatic carbocycles. The van der Waals surface area contributed by atoms with Crippen LogP contribution in [0.2, 0.25) is 0 Å². The Labute approximate surface area is 113 Å². The normalized spacial score (nSPS) is 10.4. The SMILES string of the molecule is CNc1nc(C)nnc1-c1ccc(OC)c(C)c1C. The van der Waals surface area contributed by atoms with E-state index in [1.54, 1.807) is 7.11 Å². The molecule has 19 heavy (non-hydrogen) atoms. The number of aromatic nitrogens is 3. The average Bonchev–Trinajstić information content (AvgIpc) is 2.42. The fourth-order valence-electron chi connectivity index (χ4n) is 2.04. The van der Waals surface area contributed by atoms with Crippen molar-refractivity contribution >= 4 is 5.82 Å². The second kappa shape index (κ2) is 5.22. The van der Waals surface area contributed by atoms with Gasteiger partial charge in [-0.15, -0.1) is 10.2 Å². The van der Waals surface area contributed by atoms with E-state index in [1.165, 1.54) is 0 Å². The summed E-state index contributed by atoms with van der Waals surface area (Å²) in [4.78, 5) is 4.37. The summed E-state index contributed by atoms with van der Waals surface area (Å²) >= 11 is 0. The third kappa shape index (κ3) is 2.36. The zero-order valence-electron chi connectivity index (χ0n) is 11.9. The van der Waals surface area contributed by atoms with E-state index in [4.69, 9.17) is 4.74 Å². The van der Waals surface area contributed by atoms with Gasteiger partial charge in [0.15, 0.2) is 5.82 Å². The fourth-order valence-corrected chi connectivity index (χ4v) is 2.04. The van der Waals surface area contributed by atoms with Gasteiger partial charge in [0.2, 0.25) is 0 Å². The van der Waals surface area contributed by atoms with Gasteiger partial charge >= 0.3 is 0 Å². The molecule has 1 heterocycles. The molecular weight excluding hydrogens is 240 g/mol. The molecule has 0 aliphatic heterocycles. The van der Waals surface area contributed by atoms with E-state index in [0.29, 0.717) is 5.82 Å². The number of methoxy groups -OCH3 is 1. The molecule has 0 aliphatic carbocycles. The Balaban J connectivity index is 2.63. The van der Waals surface area contributed by atoms with Gasteiger partial charge in [-0.2, -0.15) is 0 Å². The molecule has 1 N–H and O–H groups in total. The molecule has 0 bridgehead atoms. The maximum Gasteiger partial charge on any atom is 0.156 e. The number of aryl methyl sites for hydroxylation is 1. The van der Waals surface area contributed by atoms with Crippen molar-refractivity contribution in [1.82, 2.24) is 15.2 Å². The molecule has 0 spiro atoms. The molecule has 0 fully saturated rings. The van der Waals surface area contributed by atoms with Gasteiger partial charge in [0, 0.05) is 12.6 Å². The van der Waals surface area contributed by atoms with Crippen LogP contribution in [0.5, 0.6) is 5.75 Å². The number of anilines is 1. The van der Waals surface area contributed by atoms with Crippen molar-refractivity contribution in [3.63, 3.8) is 0 Å². The fraction of sp³-hybridized carbons (Fsp3) is 0.357. The molecule has 0 unspecified atom stereocenters. The summed E-state index contributed by atoms with van der Waals surface area (Å²) in [6.07, 6.45) is 0. The highest BCUT2D eigenvalue weighted by Crippen LogP contribution is 2.32. The largest absolute Gasteiger partial charge is 0.496 e. The standard InChI is InChI=1S/C14H18N4O/c1-8-9(2)12(19-5)7-6-11(8)13-14(15-4)16-10(3)17-18-13/h6-7H,1-5H3,(H,15,16,17). The van der Waals surface area contributed by atoms with Crippen LogP contribution in [0.4, 0.5) is 5.82 Å². The third-order valence-corrected chi connectivity index (χ3v) is 3.24. The highest BCUT2D eigenvalue weighted by Gasteiger charge is 2.14. The molecule has 100 valence electrons. The van der Waals surface area contributed by atoms with Crippen molar-refractivity contribution < 1.29 is 4.74 Å². The predicted molar refractivity (Wildman–Crippen MR) is 75.6 cm³/mol. The molecule has 1 aromatic heterocycles. The monoisotopic (exact) mass is 258 g/mol. The summed E-state index contributed by atoms with van der Waals surface area (Å²) < 4.78 is 5.33. The van der Waals surface area contributed by atoms with E-state index in [0.717, 1.165) is 34.0 Å². The van der Waals surface area contributed by atoms with Gasteiger partial charge in [-0.05, 0) is 44.0 Å². The lowest BCUT2D eigenvalue weighted by molar-refractivity contribution is 0.411. The number of nitrogens with one attached hydrogen (secondary N) is 1. The van der Waals surface area contributed by atoms with Crippen LogP contribution in [0.15, 0.2) is 12.1 Å². The van der Waals surface area contributed by atoms with Crippen LogP contribution in [0.25, 0.3) is 11.3 Å². The highest BCUT2D eigenvalue weighted by atomic mass is 16.5. The zero-order chi connectivity index (χ0) is 14.0. The van der Waals surface area contributed by atoms with Crippen molar-refractivity contribution in [1.29, 1.82) is 0 Å². The van der Waals surface area contributed by atoms with Crippen LogP contribution in [0, 0.1) is 20.8 Å². The van der Waals surface area contributed by atoms with Crippen LogP contribution in [-0.4, -0.2) is 29.3 Å². The number of hydrogen-bond acceptors (Lipinski definition) is 5. The Morgan fingerprint density at radius 1 is 1.05 bits per heavy atom. The van der Waals surface area contributed by atoms with E-state index in [9.17, 15) is 0 Å². The molecule has 0 radical (unpaired) electrons. The van der Waals surface area contributed by atoms with Crippen LogP contribution < -0.4 is 10.1 Å². The minimum atomic E-state index is 0.649. The van der Waals surface area contributed by atoms with E-state index in [2.05, 4.69) is 20.5 Å². The quantitative estimate of drug-likeness (QED) is 0.916.